The average Bonchev–Trinajstić information content (AvgIpc) is 3.80. The van der Waals surface area contributed by atoms with Crippen LogP contribution in [0.1, 0.15) is 55.2 Å². The number of anilines is 1. The number of fused-ring (bicyclic) bond motifs is 2. The first kappa shape index (κ1) is 40.8. The molecule has 8 rings (SSSR count). The predicted molar refractivity (Wildman–Crippen MR) is 218 cm³/mol. The molecule has 4 amide bonds. The molecule has 318 valence electrons. The van der Waals surface area contributed by atoms with Crippen LogP contribution >= 0.6 is 0 Å². The number of hydrogen-bond donors (Lipinski definition) is 1. The number of carbonyl (C=O) groups excluding carboxylic acids is 4. The van der Waals surface area contributed by atoms with Crippen molar-refractivity contribution in [3.8, 4) is 0 Å². The maximum atomic E-state index is 14.4. The van der Waals surface area contributed by atoms with Crippen molar-refractivity contribution in [3.05, 3.63) is 63.6 Å². The van der Waals surface area contributed by atoms with Gasteiger partial charge in [-0.1, -0.05) is 24.3 Å². The molecule has 0 bridgehead atoms. The molecule has 2 atom stereocenters. The van der Waals surface area contributed by atoms with Crippen LogP contribution in [-0.2, 0) is 43.7 Å². The lowest BCUT2D eigenvalue weighted by Crippen LogP contribution is -2.53. The highest BCUT2D eigenvalue weighted by molar-refractivity contribution is 5.91. The zero-order valence-corrected chi connectivity index (χ0v) is 34.3. The highest BCUT2D eigenvalue weighted by Gasteiger charge is 2.40. The second-order valence-electron chi connectivity index (χ2n) is 16.6. The highest BCUT2D eigenvalue weighted by Crippen LogP contribution is 2.29. The van der Waals surface area contributed by atoms with Gasteiger partial charge in [-0.25, -0.2) is 14.4 Å². The Bertz CT molecular complexity index is 2060. The molecule has 0 unspecified atom stereocenters. The summed E-state index contributed by atoms with van der Waals surface area (Å²) in [5.41, 5.74) is 4.54. The zero-order valence-electron chi connectivity index (χ0n) is 34.3. The minimum Gasteiger partial charge on any atom is -0.463 e. The van der Waals surface area contributed by atoms with Crippen molar-refractivity contribution >= 4 is 40.8 Å². The van der Waals surface area contributed by atoms with Gasteiger partial charge in [-0.2, -0.15) is 0 Å². The van der Waals surface area contributed by atoms with Crippen molar-refractivity contribution in [2.45, 2.75) is 82.5 Å². The molecule has 2 aromatic carbocycles. The van der Waals surface area contributed by atoms with Gasteiger partial charge in [0.05, 0.1) is 18.7 Å². The number of para-hydroxylation sites is 1. The second-order valence-corrected chi connectivity index (χ2v) is 16.6. The summed E-state index contributed by atoms with van der Waals surface area (Å²) in [6.07, 6.45) is 3.41. The molecule has 5 aliphatic heterocycles. The van der Waals surface area contributed by atoms with E-state index in [9.17, 15) is 24.0 Å². The molecule has 4 fully saturated rings. The number of urea groups is 1. The number of nitrogens with one attached hydrogen (secondary N) is 1. The summed E-state index contributed by atoms with van der Waals surface area (Å²) in [4.78, 5) is 76.9. The normalized spacial score (nSPS) is 21.9. The molecule has 5 aliphatic rings. The van der Waals surface area contributed by atoms with Crippen molar-refractivity contribution in [3.63, 3.8) is 0 Å². The van der Waals surface area contributed by atoms with Crippen LogP contribution in [0.3, 0.4) is 0 Å². The fourth-order valence-electron chi connectivity index (χ4n) is 9.68. The number of likely N-dealkylation sites (tertiary alicyclic amines) is 3. The number of esters is 1. The van der Waals surface area contributed by atoms with Gasteiger partial charge < -0.3 is 38.6 Å². The molecular weight excluding hydrogens is 759 g/mol. The summed E-state index contributed by atoms with van der Waals surface area (Å²) >= 11 is 0. The van der Waals surface area contributed by atoms with E-state index in [1.165, 1.54) is 4.57 Å². The Balaban J connectivity index is 0.899. The van der Waals surface area contributed by atoms with Crippen LogP contribution in [0.15, 0.2) is 45.6 Å². The SMILES string of the molecule is Cc1cc(C[C@@H](OC(=O)N2CCC(N3CCc4ccccc4NC3=O)CC2)C(=O)N2CCC(N3CCC[C@@H]3C(=O)OCCN3CCOCC3)CC2)cc2oc(=O)n(C)c12. The van der Waals surface area contributed by atoms with E-state index in [0.717, 1.165) is 55.7 Å². The number of benzene rings is 2. The highest BCUT2D eigenvalue weighted by atomic mass is 16.6. The molecule has 0 saturated carbocycles. The van der Waals surface area contributed by atoms with Crippen LogP contribution in [0.2, 0.25) is 0 Å². The first-order chi connectivity index (χ1) is 28.6. The van der Waals surface area contributed by atoms with Crippen molar-refractivity contribution in [2.75, 3.05) is 84.0 Å². The fraction of sp³-hybridized carbons (Fsp3) is 0.605. The lowest BCUT2D eigenvalue weighted by atomic mass is 9.99. The predicted octanol–water partition coefficient (Wildman–Crippen LogP) is 3.37. The molecule has 0 spiro atoms. The number of morpholine rings is 1. The topological polar surface area (TPSA) is 159 Å². The van der Waals surface area contributed by atoms with Gasteiger partial charge in [0.1, 0.15) is 12.6 Å². The first-order valence-electron chi connectivity index (χ1n) is 21.3. The molecule has 16 nitrogen and oxygen atoms in total. The summed E-state index contributed by atoms with van der Waals surface area (Å²) in [6.45, 7) is 9.15. The van der Waals surface area contributed by atoms with Gasteiger partial charge in [-0.3, -0.25) is 24.0 Å². The molecular formula is C43H57N7O9. The second kappa shape index (κ2) is 18.1. The van der Waals surface area contributed by atoms with Crippen LogP contribution in [0.5, 0.6) is 0 Å². The summed E-state index contributed by atoms with van der Waals surface area (Å²) in [5.74, 6) is -0.929. The Hall–Kier alpha value is -4.93. The lowest BCUT2D eigenvalue weighted by Gasteiger charge is -2.40. The Morgan fingerprint density at radius 1 is 0.881 bits per heavy atom. The smallest absolute Gasteiger partial charge is 0.419 e. The molecule has 1 aromatic heterocycles. The summed E-state index contributed by atoms with van der Waals surface area (Å²) < 4.78 is 24.3. The van der Waals surface area contributed by atoms with Gasteiger partial charge >= 0.3 is 23.8 Å². The van der Waals surface area contributed by atoms with Crippen LogP contribution in [0.25, 0.3) is 11.1 Å². The molecule has 3 aromatic rings. The van der Waals surface area contributed by atoms with Crippen molar-refractivity contribution in [2.24, 2.45) is 7.05 Å². The number of aromatic nitrogens is 1. The van der Waals surface area contributed by atoms with E-state index in [0.29, 0.717) is 101 Å². The maximum Gasteiger partial charge on any atom is 0.419 e. The maximum absolute atomic E-state index is 14.4. The number of hydrogen-bond acceptors (Lipinski definition) is 11. The van der Waals surface area contributed by atoms with Gasteiger partial charge in [0.25, 0.3) is 5.91 Å². The summed E-state index contributed by atoms with van der Waals surface area (Å²) in [5, 5.41) is 3.05. The zero-order chi connectivity index (χ0) is 41.0. The molecule has 0 aliphatic carbocycles. The van der Waals surface area contributed by atoms with E-state index in [4.69, 9.17) is 18.6 Å². The Morgan fingerprint density at radius 2 is 1.61 bits per heavy atom. The lowest BCUT2D eigenvalue weighted by molar-refractivity contribution is -0.151. The van der Waals surface area contributed by atoms with Crippen molar-refractivity contribution in [1.82, 2.24) is 29.1 Å². The van der Waals surface area contributed by atoms with Crippen LogP contribution in [-0.4, -0.2) is 156 Å². The minimum atomic E-state index is -1.11. The third-order valence-corrected chi connectivity index (χ3v) is 12.9. The van der Waals surface area contributed by atoms with Gasteiger partial charge in [0, 0.05) is 83.6 Å². The van der Waals surface area contributed by atoms with E-state index < -0.39 is 18.0 Å². The largest absolute Gasteiger partial charge is 0.463 e. The molecule has 16 heteroatoms. The minimum absolute atomic E-state index is 0.0329. The Morgan fingerprint density at radius 3 is 2.39 bits per heavy atom. The monoisotopic (exact) mass is 815 g/mol. The third kappa shape index (κ3) is 9.14. The standard InChI is InChI=1S/C43H57N7O9/c1-29-26-30(27-36-38(29)45(2)42(54)58-36)28-37(59-43(55)48-17-12-33(13-18-48)50-19-9-31-6-3-4-7-34(31)44-41(50)53)39(51)47-15-10-32(11-16-47)49-14-5-8-35(49)40(52)57-25-22-46-20-23-56-24-21-46/h3-4,6-7,26-27,32-33,35,37H,5,8-25,28H2,1-2H3,(H,44,53)/t35-,37-/m1/s1. The number of ether oxygens (including phenoxy) is 3. The van der Waals surface area contributed by atoms with E-state index >= 15 is 0 Å². The van der Waals surface area contributed by atoms with Crippen molar-refractivity contribution in [1.29, 1.82) is 0 Å². The van der Waals surface area contributed by atoms with Gasteiger partial charge in [0.15, 0.2) is 11.7 Å². The Kier molecular flexibility index (Phi) is 12.6. The van der Waals surface area contributed by atoms with Crippen LogP contribution < -0.4 is 11.1 Å². The van der Waals surface area contributed by atoms with E-state index in [2.05, 4.69) is 15.1 Å². The number of oxazole rings is 1. The Labute approximate surface area is 344 Å². The van der Waals surface area contributed by atoms with Crippen molar-refractivity contribution < 1.29 is 37.8 Å². The molecule has 6 heterocycles. The molecule has 1 N–H and O–H groups in total. The van der Waals surface area contributed by atoms with E-state index in [1.54, 1.807) is 22.9 Å². The number of nitrogens with zero attached hydrogens (tertiary/aromatic N) is 6. The average molecular weight is 816 g/mol. The number of amides is 4. The van der Waals surface area contributed by atoms with Crippen LogP contribution in [0.4, 0.5) is 15.3 Å². The summed E-state index contributed by atoms with van der Waals surface area (Å²) in [6, 6.07) is 11.2. The number of rotatable bonds is 10. The molecule has 4 saturated heterocycles. The van der Waals surface area contributed by atoms with Gasteiger partial charge in [-0.15, -0.1) is 0 Å². The first-order valence-corrected chi connectivity index (χ1v) is 21.3. The fourth-order valence-corrected chi connectivity index (χ4v) is 9.68. The number of carbonyl (C=O) groups is 4. The molecule has 59 heavy (non-hydrogen) atoms. The quantitative estimate of drug-likeness (QED) is 0.299. The molecule has 0 radical (unpaired) electrons. The van der Waals surface area contributed by atoms with Gasteiger partial charge in [-0.05, 0) is 87.2 Å². The number of aryl methyl sites for hydroxylation is 2. The summed E-state index contributed by atoms with van der Waals surface area (Å²) in [7, 11) is 1.65. The van der Waals surface area contributed by atoms with Gasteiger partial charge in [0.2, 0.25) is 0 Å². The van der Waals surface area contributed by atoms with Crippen LogP contribution in [0, 0.1) is 6.92 Å². The third-order valence-electron chi connectivity index (χ3n) is 12.9. The van der Waals surface area contributed by atoms with E-state index in [-0.39, 0.29) is 42.5 Å². The van der Waals surface area contributed by atoms with E-state index in [1.807, 2.05) is 42.2 Å². The number of piperidine rings is 2.